The molecule has 1 aromatic heterocycles. The minimum atomic E-state index is -0.654. The molecule has 96 valence electrons. The molecule has 0 fully saturated rings. The summed E-state index contributed by atoms with van der Waals surface area (Å²) in [4.78, 5) is 14.9. The number of hydrogen-bond donors (Lipinski definition) is 0. The van der Waals surface area contributed by atoms with E-state index in [1.54, 1.807) is 0 Å². The van der Waals surface area contributed by atoms with Crippen LogP contribution in [0.3, 0.4) is 0 Å². The van der Waals surface area contributed by atoms with E-state index >= 15 is 0 Å². The van der Waals surface area contributed by atoms with E-state index in [0.717, 1.165) is 6.07 Å². The molecule has 2 rings (SSSR count). The van der Waals surface area contributed by atoms with Gasteiger partial charge in [-0.15, -0.1) is 5.10 Å². The maximum atomic E-state index is 13.7. The third-order valence-electron chi connectivity index (χ3n) is 2.42. The second-order valence-corrected chi connectivity index (χ2v) is 3.68. The summed E-state index contributed by atoms with van der Waals surface area (Å²) in [6.45, 7) is 0.113. The normalized spacial score (nSPS) is 9.95. The van der Waals surface area contributed by atoms with Crippen molar-refractivity contribution in [3.63, 3.8) is 0 Å². The zero-order valence-corrected chi connectivity index (χ0v) is 10.00. The Balaban J connectivity index is 2.20. The van der Waals surface area contributed by atoms with Crippen molar-refractivity contribution in [1.82, 2.24) is 14.8 Å². The fraction of sp³-hybridized carbons (Fsp3) is 0.167. The molecule has 1 heterocycles. The molecule has 0 radical (unpaired) electrons. The molecule has 2 aromatic rings. The number of carbonyl (C=O) groups excluding carboxylic acids is 1. The molecule has 0 saturated carbocycles. The first kappa shape index (κ1) is 12.7. The Morgan fingerprint density at radius 1 is 1.58 bits per heavy atom. The predicted molar refractivity (Wildman–Crippen MR) is 61.6 cm³/mol. The van der Waals surface area contributed by atoms with Crippen LogP contribution >= 0.6 is 0 Å². The summed E-state index contributed by atoms with van der Waals surface area (Å²) >= 11 is 0. The highest BCUT2D eigenvalue weighted by Gasteiger charge is 2.12. The number of rotatable bonds is 3. The number of ether oxygens (including phenoxy) is 1. The number of aromatic nitrogens is 3. The fourth-order valence-electron chi connectivity index (χ4n) is 1.48. The lowest BCUT2D eigenvalue weighted by molar-refractivity contribution is 0.0586. The van der Waals surface area contributed by atoms with E-state index in [-0.39, 0.29) is 17.9 Å². The van der Waals surface area contributed by atoms with E-state index in [0.29, 0.717) is 5.56 Å². The van der Waals surface area contributed by atoms with Crippen LogP contribution < -0.4 is 0 Å². The smallest absolute Gasteiger partial charge is 0.377 e. The van der Waals surface area contributed by atoms with Crippen molar-refractivity contribution in [2.24, 2.45) is 0 Å². The highest BCUT2D eigenvalue weighted by molar-refractivity contribution is 5.84. The Hall–Kier alpha value is -2.75. The number of nitrogens with zero attached hydrogens (tertiary/aromatic N) is 4. The van der Waals surface area contributed by atoms with Crippen molar-refractivity contribution in [2.45, 2.75) is 6.54 Å². The second-order valence-electron chi connectivity index (χ2n) is 3.68. The van der Waals surface area contributed by atoms with Crippen molar-refractivity contribution in [3.8, 4) is 6.07 Å². The number of carbonyl (C=O) groups is 1. The van der Waals surface area contributed by atoms with Gasteiger partial charge in [0.25, 0.3) is 5.82 Å². The van der Waals surface area contributed by atoms with Gasteiger partial charge in [-0.05, 0) is 12.1 Å². The molecule has 0 saturated heterocycles. The first-order chi connectivity index (χ1) is 9.13. The molecule has 0 aliphatic heterocycles. The van der Waals surface area contributed by atoms with E-state index in [2.05, 4.69) is 14.8 Å². The molecule has 0 N–H and O–H groups in total. The van der Waals surface area contributed by atoms with Gasteiger partial charge in [-0.1, -0.05) is 6.07 Å². The lowest BCUT2D eigenvalue weighted by Crippen LogP contribution is -2.07. The summed E-state index contributed by atoms with van der Waals surface area (Å²) in [5, 5.41) is 12.5. The molecule has 6 nitrogen and oxygen atoms in total. The number of benzene rings is 1. The SMILES string of the molecule is COC(=O)c1ncn(Cc2ccc(C#N)cc2F)n1. The summed E-state index contributed by atoms with van der Waals surface area (Å²) in [5.41, 5.74) is 0.593. The first-order valence-corrected chi connectivity index (χ1v) is 5.30. The number of halogens is 1. The van der Waals surface area contributed by atoms with Crippen LogP contribution in [0.5, 0.6) is 0 Å². The standard InChI is InChI=1S/C12H9FN4O2/c1-19-12(18)11-15-7-17(16-11)6-9-3-2-8(5-14)4-10(9)13/h2-4,7H,6H2,1H3. The van der Waals surface area contributed by atoms with Crippen molar-refractivity contribution < 1.29 is 13.9 Å². The van der Waals surface area contributed by atoms with E-state index in [1.165, 1.54) is 30.3 Å². The minimum Gasteiger partial charge on any atom is -0.463 e. The zero-order valence-electron chi connectivity index (χ0n) is 10.00. The van der Waals surface area contributed by atoms with Gasteiger partial charge >= 0.3 is 5.97 Å². The van der Waals surface area contributed by atoms with Crippen LogP contribution in [0.25, 0.3) is 0 Å². The third-order valence-corrected chi connectivity index (χ3v) is 2.42. The Morgan fingerprint density at radius 3 is 3.00 bits per heavy atom. The van der Waals surface area contributed by atoms with Gasteiger partial charge < -0.3 is 4.74 Å². The van der Waals surface area contributed by atoms with Gasteiger partial charge in [-0.2, -0.15) is 5.26 Å². The molecule has 19 heavy (non-hydrogen) atoms. The molecular formula is C12H9FN4O2. The molecule has 0 aliphatic carbocycles. The Kier molecular flexibility index (Phi) is 3.52. The Morgan fingerprint density at radius 2 is 2.37 bits per heavy atom. The van der Waals surface area contributed by atoms with Gasteiger partial charge in [-0.3, -0.25) is 0 Å². The number of esters is 1. The van der Waals surface area contributed by atoms with Crippen molar-refractivity contribution in [3.05, 3.63) is 47.3 Å². The third kappa shape index (κ3) is 2.74. The summed E-state index contributed by atoms with van der Waals surface area (Å²) in [5.74, 6) is -1.25. The Labute approximate surface area is 108 Å². The maximum absolute atomic E-state index is 13.7. The Bertz CT molecular complexity index is 660. The largest absolute Gasteiger partial charge is 0.463 e. The highest BCUT2D eigenvalue weighted by Crippen LogP contribution is 2.11. The van der Waals surface area contributed by atoms with E-state index in [4.69, 9.17) is 5.26 Å². The lowest BCUT2D eigenvalue weighted by Gasteiger charge is -2.03. The summed E-state index contributed by atoms with van der Waals surface area (Å²) in [6.07, 6.45) is 1.31. The molecule has 1 aromatic carbocycles. The monoisotopic (exact) mass is 260 g/mol. The van der Waals surface area contributed by atoms with Gasteiger partial charge in [0, 0.05) is 5.56 Å². The van der Waals surface area contributed by atoms with Gasteiger partial charge in [0.15, 0.2) is 0 Å². The number of hydrogen-bond acceptors (Lipinski definition) is 5. The average molecular weight is 260 g/mol. The van der Waals surface area contributed by atoms with E-state index in [9.17, 15) is 9.18 Å². The van der Waals surface area contributed by atoms with Gasteiger partial charge in [0.05, 0.1) is 25.3 Å². The average Bonchev–Trinajstić information content (AvgIpc) is 2.88. The molecule has 0 unspecified atom stereocenters. The van der Waals surface area contributed by atoms with Crippen molar-refractivity contribution >= 4 is 5.97 Å². The van der Waals surface area contributed by atoms with Crippen LogP contribution in [0, 0.1) is 17.1 Å². The molecule has 0 atom stereocenters. The van der Waals surface area contributed by atoms with Crippen LogP contribution in [0.1, 0.15) is 21.7 Å². The van der Waals surface area contributed by atoms with Crippen molar-refractivity contribution in [2.75, 3.05) is 7.11 Å². The quantitative estimate of drug-likeness (QED) is 0.772. The fourth-order valence-corrected chi connectivity index (χ4v) is 1.48. The van der Waals surface area contributed by atoms with Crippen LogP contribution in [0.15, 0.2) is 24.5 Å². The molecule has 7 heteroatoms. The topological polar surface area (TPSA) is 80.8 Å². The van der Waals surface area contributed by atoms with E-state index < -0.39 is 11.8 Å². The molecule has 0 amide bonds. The van der Waals surface area contributed by atoms with E-state index in [1.807, 2.05) is 6.07 Å². The van der Waals surface area contributed by atoms with Crippen LogP contribution in [-0.4, -0.2) is 27.8 Å². The highest BCUT2D eigenvalue weighted by atomic mass is 19.1. The molecule has 0 aliphatic rings. The van der Waals surface area contributed by atoms with Gasteiger partial charge in [0.1, 0.15) is 12.1 Å². The molecule has 0 spiro atoms. The van der Waals surface area contributed by atoms with Crippen LogP contribution in [0.4, 0.5) is 4.39 Å². The lowest BCUT2D eigenvalue weighted by atomic mass is 10.1. The van der Waals surface area contributed by atoms with Crippen molar-refractivity contribution in [1.29, 1.82) is 5.26 Å². The molecular weight excluding hydrogens is 251 g/mol. The first-order valence-electron chi connectivity index (χ1n) is 5.30. The summed E-state index contributed by atoms with van der Waals surface area (Å²) < 4.78 is 19.4. The zero-order chi connectivity index (χ0) is 13.8. The predicted octanol–water partition coefficient (Wildman–Crippen LogP) is 1.12. The number of methoxy groups -OCH3 is 1. The van der Waals surface area contributed by atoms with Crippen LogP contribution in [-0.2, 0) is 11.3 Å². The minimum absolute atomic E-state index is 0.0865. The second kappa shape index (κ2) is 5.27. The molecule has 0 bridgehead atoms. The van der Waals surface area contributed by atoms with Crippen LogP contribution in [0.2, 0.25) is 0 Å². The van der Waals surface area contributed by atoms with Gasteiger partial charge in [-0.25, -0.2) is 18.9 Å². The summed E-state index contributed by atoms with van der Waals surface area (Å²) in [7, 11) is 1.23. The summed E-state index contributed by atoms with van der Waals surface area (Å²) in [6, 6.07) is 6.00. The maximum Gasteiger partial charge on any atom is 0.377 e. The number of nitriles is 1. The van der Waals surface area contributed by atoms with Gasteiger partial charge in [0.2, 0.25) is 0 Å².